The number of amides is 1. The van der Waals surface area contributed by atoms with Crippen LogP contribution in [0.5, 0.6) is 0 Å². The van der Waals surface area contributed by atoms with Crippen molar-refractivity contribution in [2.24, 2.45) is 0 Å². The van der Waals surface area contributed by atoms with Crippen molar-refractivity contribution < 1.29 is 13.9 Å². The minimum atomic E-state index is -0.543. The number of nitrogens with zero attached hydrogens (tertiary/aromatic N) is 1. The fourth-order valence-electron chi connectivity index (χ4n) is 1.20. The summed E-state index contributed by atoms with van der Waals surface area (Å²) in [6.07, 6.45) is 3.63. The molecule has 0 aromatic carbocycles. The zero-order valence-electron chi connectivity index (χ0n) is 11.0. The summed E-state index contributed by atoms with van der Waals surface area (Å²) in [7, 11) is 0. The number of ether oxygens (including phenoxy) is 1. The third kappa shape index (κ3) is 6.20. The molecule has 1 amide bonds. The summed E-state index contributed by atoms with van der Waals surface area (Å²) in [5.74, 6) is -0.474. The van der Waals surface area contributed by atoms with Gasteiger partial charge in [-0.15, -0.1) is 0 Å². The molecule has 19 heavy (non-hydrogen) atoms. The van der Waals surface area contributed by atoms with E-state index in [4.69, 9.17) is 16.3 Å². The van der Waals surface area contributed by atoms with Crippen LogP contribution in [0.3, 0.4) is 0 Å². The van der Waals surface area contributed by atoms with E-state index in [9.17, 15) is 9.18 Å². The molecule has 0 aliphatic carbocycles. The summed E-state index contributed by atoms with van der Waals surface area (Å²) < 4.78 is 18.3. The Morgan fingerprint density at radius 2 is 2.26 bits per heavy atom. The molecule has 1 aromatic heterocycles. The highest BCUT2D eigenvalue weighted by Crippen LogP contribution is 2.13. The van der Waals surface area contributed by atoms with Crippen LogP contribution in [-0.4, -0.2) is 23.2 Å². The van der Waals surface area contributed by atoms with E-state index in [1.807, 2.05) is 0 Å². The predicted molar refractivity (Wildman–Crippen MR) is 72.5 cm³/mol. The highest BCUT2D eigenvalue weighted by molar-refractivity contribution is 6.29. The fourth-order valence-corrected chi connectivity index (χ4v) is 1.36. The quantitative estimate of drug-likeness (QED) is 0.866. The number of aromatic nitrogens is 1. The van der Waals surface area contributed by atoms with Crippen molar-refractivity contribution in [3.63, 3.8) is 0 Å². The third-order valence-corrected chi connectivity index (χ3v) is 2.12. The molecule has 0 aliphatic rings. The Bertz CT molecular complexity index is 484. The summed E-state index contributed by atoms with van der Waals surface area (Å²) in [5, 5.41) is 2.73. The molecule has 104 valence electrons. The van der Waals surface area contributed by atoms with E-state index in [2.05, 4.69) is 10.3 Å². The molecule has 0 fully saturated rings. The number of pyridine rings is 1. The second kappa shape index (κ2) is 6.52. The van der Waals surface area contributed by atoms with E-state index < -0.39 is 17.5 Å². The monoisotopic (exact) mass is 286 g/mol. The van der Waals surface area contributed by atoms with Gasteiger partial charge in [-0.3, -0.25) is 0 Å². The van der Waals surface area contributed by atoms with Crippen LogP contribution in [0.25, 0.3) is 6.08 Å². The molecule has 0 atom stereocenters. The number of rotatable bonds is 3. The Morgan fingerprint density at radius 1 is 1.58 bits per heavy atom. The normalized spacial score (nSPS) is 11.6. The lowest BCUT2D eigenvalue weighted by Gasteiger charge is -2.19. The number of carbonyl (C=O) groups is 1. The molecule has 1 aromatic rings. The lowest BCUT2D eigenvalue weighted by molar-refractivity contribution is 0.0534. The molecule has 0 radical (unpaired) electrons. The number of halogens is 2. The summed E-state index contributed by atoms with van der Waals surface area (Å²) in [5.41, 5.74) is -0.232. The fraction of sp³-hybridized carbons (Fsp3) is 0.385. The zero-order chi connectivity index (χ0) is 14.5. The van der Waals surface area contributed by atoms with E-state index in [0.29, 0.717) is 5.56 Å². The van der Waals surface area contributed by atoms with Crippen molar-refractivity contribution in [3.8, 4) is 0 Å². The molecular formula is C13H16ClFN2O2. The van der Waals surface area contributed by atoms with Gasteiger partial charge in [0.15, 0.2) is 0 Å². The molecule has 0 saturated carbocycles. The molecule has 1 N–H and O–H groups in total. The topological polar surface area (TPSA) is 51.2 Å². The first-order valence-electron chi connectivity index (χ1n) is 5.72. The van der Waals surface area contributed by atoms with E-state index >= 15 is 0 Å². The van der Waals surface area contributed by atoms with Crippen LogP contribution >= 0.6 is 11.6 Å². The molecule has 6 heteroatoms. The van der Waals surface area contributed by atoms with Crippen LogP contribution in [0.2, 0.25) is 5.15 Å². The summed E-state index contributed by atoms with van der Waals surface area (Å²) >= 11 is 5.65. The van der Waals surface area contributed by atoms with Crippen molar-refractivity contribution in [3.05, 3.63) is 34.9 Å². The number of alkyl carbamates (subject to hydrolysis) is 1. The largest absolute Gasteiger partial charge is 0.444 e. The van der Waals surface area contributed by atoms with E-state index in [1.54, 1.807) is 26.8 Å². The van der Waals surface area contributed by atoms with Gasteiger partial charge >= 0.3 is 6.09 Å². The average molecular weight is 287 g/mol. The smallest absolute Gasteiger partial charge is 0.407 e. The van der Waals surface area contributed by atoms with Crippen LogP contribution in [0.4, 0.5) is 9.18 Å². The van der Waals surface area contributed by atoms with Crippen LogP contribution in [-0.2, 0) is 4.74 Å². The summed E-state index contributed by atoms with van der Waals surface area (Å²) in [6.45, 7) is 5.55. The maximum atomic E-state index is 13.3. The summed E-state index contributed by atoms with van der Waals surface area (Å²) in [4.78, 5) is 14.9. The van der Waals surface area contributed by atoms with Gasteiger partial charge in [0.25, 0.3) is 0 Å². The van der Waals surface area contributed by atoms with Gasteiger partial charge in [-0.1, -0.05) is 23.8 Å². The second-order valence-corrected chi connectivity index (χ2v) is 5.20. The minimum Gasteiger partial charge on any atom is -0.444 e. The SMILES string of the molecule is CC(C)(C)OC(=O)NCC=Cc1cc(Cl)ncc1F. The molecule has 0 unspecified atom stereocenters. The maximum absolute atomic E-state index is 13.3. The van der Waals surface area contributed by atoms with E-state index in [-0.39, 0.29) is 11.7 Å². The zero-order valence-corrected chi connectivity index (χ0v) is 11.8. The van der Waals surface area contributed by atoms with Gasteiger partial charge in [0, 0.05) is 12.1 Å². The number of carbonyl (C=O) groups excluding carboxylic acids is 1. The minimum absolute atomic E-state index is 0.209. The van der Waals surface area contributed by atoms with Crippen molar-refractivity contribution in [1.82, 2.24) is 10.3 Å². The number of nitrogens with one attached hydrogen (secondary N) is 1. The molecule has 0 bridgehead atoms. The highest BCUT2D eigenvalue weighted by Gasteiger charge is 2.14. The van der Waals surface area contributed by atoms with Crippen molar-refractivity contribution in [1.29, 1.82) is 0 Å². The van der Waals surface area contributed by atoms with Crippen LogP contribution in [0, 0.1) is 5.82 Å². The van der Waals surface area contributed by atoms with Crippen molar-refractivity contribution in [2.75, 3.05) is 6.54 Å². The van der Waals surface area contributed by atoms with Crippen LogP contribution < -0.4 is 5.32 Å². The summed E-state index contributed by atoms with van der Waals surface area (Å²) in [6, 6.07) is 1.40. The van der Waals surface area contributed by atoms with Crippen LogP contribution in [0.1, 0.15) is 26.3 Å². The molecule has 0 aliphatic heterocycles. The molecule has 0 saturated heterocycles. The second-order valence-electron chi connectivity index (χ2n) is 4.81. The first-order valence-corrected chi connectivity index (χ1v) is 6.10. The third-order valence-electron chi connectivity index (χ3n) is 1.91. The molecule has 0 spiro atoms. The first-order chi connectivity index (χ1) is 8.78. The Labute approximate surface area is 116 Å². The van der Waals surface area contributed by atoms with Crippen LogP contribution in [0.15, 0.2) is 18.3 Å². The van der Waals surface area contributed by atoms with Crippen molar-refractivity contribution in [2.45, 2.75) is 26.4 Å². The first kappa shape index (κ1) is 15.4. The Balaban J connectivity index is 2.47. The standard InChI is InChI=1S/C13H16ClFN2O2/c1-13(2,3)19-12(18)16-6-4-5-9-7-11(14)17-8-10(9)15/h4-5,7-8H,6H2,1-3H3,(H,16,18). The lowest BCUT2D eigenvalue weighted by atomic mass is 10.2. The predicted octanol–water partition coefficient (Wildman–Crippen LogP) is 3.41. The van der Waals surface area contributed by atoms with Gasteiger partial charge < -0.3 is 10.1 Å². The molecule has 1 rings (SSSR count). The van der Waals surface area contributed by atoms with E-state index in [1.165, 1.54) is 12.1 Å². The number of hydrogen-bond donors (Lipinski definition) is 1. The van der Waals surface area contributed by atoms with Crippen molar-refractivity contribution >= 4 is 23.8 Å². The lowest BCUT2D eigenvalue weighted by Crippen LogP contribution is -2.32. The Hall–Kier alpha value is -1.62. The van der Waals surface area contributed by atoms with Gasteiger partial charge in [0.2, 0.25) is 0 Å². The van der Waals surface area contributed by atoms with E-state index in [0.717, 1.165) is 6.20 Å². The average Bonchev–Trinajstić information content (AvgIpc) is 2.26. The molecule has 1 heterocycles. The molecule has 4 nitrogen and oxygen atoms in total. The molecular weight excluding hydrogens is 271 g/mol. The van der Waals surface area contributed by atoms with Gasteiger partial charge in [0.1, 0.15) is 16.6 Å². The maximum Gasteiger partial charge on any atom is 0.407 e. The van der Waals surface area contributed by atoms with Gasteiger partial charge in [-0.25, -0.2) is 14.2 Å². The Morgan fingerprint density at radius 3 is 2.89 bits per heavy atom. The van der Waals surface area contributed by atoms with Gasteiger partial charge in [-0.2, -0.15) is 0 Å². The number of hydrogen-bond acceptors (Lipinski definition) is 3. The van der Waals surface area contributed by atoms with Gasteiger partial charge in [0.05, 0.1) is 6.20 Å². The highest BCUT2D eigenvalue weighted by atomic mass is 35.5. The van der Waals surface area contributed by atoms with Gasteiger partial charge in [-0.05, 0) is 26.8 Å². The Kier molecular flexibility index (Phi) is 5.30.